The molecule has 9 fully saturated rings. The zero-order chi connectivity index (χ0) is 87.3. The third kappa shape index (κ3) is 21.4. The predicted molar refractivity (Wildman–Crippen MR) is 361 cm³/mol. The summed E-state index contributed by atoms with van der Waals surface area (Å²) in [5.41, 5.74) is 0. The van der Waals surface area contributed by atoms with E-state index in [2.05, 4.69) is 21.3 Å². The van der Waals surface area contributed by atoms with Gasteiger partial charge in [0.25, 0.3) is 5.79 Å². The molecule has 0 bridgehead atoms. The minimum atomic E-state index is -3.07. The van der Waals surface area contributed by atoms with Crippen molar-refractivity contribution in [3.8, 4) is 0 Å². The van der Waals surface area contributed by atoms with E-state index in [1.807, 2.05) is 0 Å². The van der Waals surface area contributed by atoms with Crippen molar-refractivity contribution in [1.82, 2.24) is 21.3 Å². The van der Waals surface area contributed by atoms with Gasteiger partial charge in [0.05, 0.1) is 71.6 Å². The van der Waals surface area contributed by atoms with E-state index in [0.717, 1.165) is 27.7 Å². The fourth-order valence-electron chi connectivity index (χ4n) is 15.0. The van der Waals surface area contributed by atoms with Crippen LogP contribution in [0.4, 0.5) is 0 Å². The van der Waals surface area contributed by atoms with Gasteiger partial charge in [-0.05, 0) is 0 Å². The van der Waals surface area contributed by atoms with E-state index >= 15 is 0 Å². The Bertz CT molecular complexity index is 3210. The Morgan fingerprint density at radius 3 is 1.12 bits per heavy atom. The van der Waals surface area contributed by atoms with E-state index in [4.69, 9.17) is 80.5 Å². The molecule has 0 saturated carbocycles. The van der Waals surface area contributed by atoms with Crippen LogP contribution in [0.3, 0.4) is 0 Å². The molecule has 31 N–H and O–H groups in total. The summed E-state index contributed by atoms with van der Waals surface area (Å²) >= 11 is 0. The maximum atomic E-state index is 13.1. The third-order valence-corrected chi connectivity index (χ3v) is 21.3. The highest BCUT2D eigenvalue weighted by Crippen LogP contribution is 2.41. The second-order valence-corrected chi connectivity index (χ2v) is 29.6. The molecular formula is C65H108N4O49. The fraction of sp³-hybridized carbons (Fsp3) is 0.923. The number of carboxylic acid groups (broad SMARTS) is 1. The van der Waals surface area contributed by atoms with Crippen LogP contribution in [-0.2, 0) is 104 Å². The lowest BCUT2D eigenvalue weighted by Crippen LogP contribution is -2.70. The Morgan fingerprint density at radius 2 is 0.686 bits per heavy atom. The number of nitrogens with one attached hydrogen (secondary N) is 4. The number of hydrogen-bond donors (Lipinski definition) is 31. The Morgan fingerprint density at radius 1 is 0.347 bits per heavy atom. The Kier molecular flexibility index (Phi) is 34.7. The Labute approximate surface area is 666 Å². The summed E-state index contributed by atoms with van der Waals surface area (Å²) in [6.07, 6.45) is -89.0. The predicted octanol–water partition coefficient (Wildman–Crippen LogP) is -20.8. The van der Waals surface area contributed by atoms with E-state index in [1.165, 1.54) is 0 Å². The minimum Gasteiger partial charge on any atom is -0.477 e. The average Bonchev–Trinajstić information content (AvgIpc) is 0.761. The monoisotopic (exact) mass is 1730 g/mol. The number of carbonyl (C=O) groups excluding carboxylic acids is 4. The number of amides is 4. The normalized spacial score (nSPS) is 47.6. The van der Waals surface area contributed by atoms with Gasteiger partial charge in [0, 0.05) is 34.1 Å². The van der Waals surface area contributed by atoms with E-state index in [0.29, 0.717) is 0 Å². The molecule has 118 heavy (non-hydrogen) atoms. The van der Waals surface area contributed by atoms with Gasteiger partial charge in [0.15, 0.2) is 50.3 Å². The maximum Gasteiger partial charge on any atom is 0.364 e. The Hall–Kier alpha value is -4.37. The van der Waals surface area contributed by atoms with Gasteiger partial charge in [-0.1, -0.05) is 0 Å². The summed E-state index contributed by atoms with van der Waals surface area (Å²) in [4.78, 5) is 63.3. The molecule has 0 spiro atoms. The maximum absolute atomic E-state index is 13.1. The molecule has 9 heterocycles. The molecule has 53 nitrogen and oxygen atoms in total. The van der Waals surface area contributed by atoms with Crippen molar-refractivity contribution in [2.75, 3.05) is 59.5 Å². The second-order valence-electron chi connectivity index (χ2n) is 29.6. The first-order valence-electron chi connectivity index (χ1n) is 37.3. The van der Waals surface area contributed by atoms with Crippen LogP contribution in [0, 0.1) is 0 Å². The number of aliphatic hydroxyl groups is 26. The van der Waals surface area contributed by atoms with Gasteiger partial charge in [-0.3, -0.25) is 19.2 Å². The molecule has 0 aromatic heterocycles. The van der Waals surface area contributed by atoms with Crippen LogP contribution in [0.15, 0.2) is 0 Å². The summed E-state index contributed by atoms with van der Waals surface area (Å²) in [5.74, 6) is -8.77. The molecular weight excluding hydrogens is 1620 g/mol. The first-order valence-corrected chi connectivity index (χ1v) is 37.3. The molecule has 0 aromatic carbocycles. The van der Waals surface area contributed by atoms with Gasteiger partial charge in [-0.15, -0.1) is 0 Å². The van der Waals surface area contributed by atoms with Gasteiger partial charge in [0.1, 0.15) is 213 Å². The number of carbonyl (C=O) groups is 5. The summed E-state index contributed by atoms with van der Waals surface area (Å²) in [7, 11) is 0. The molecule has 53 heteroatoms. The summed E-state index contributed by atoms with van der Waals surface area (Å²) in [6, 6.07) is -7.41. The number of carboxylic acids is 1. The van der Waals surface area contributed by atoms with E-state index in [-0.39, 0.29) is 0 Å². The number of hydrogen-bond acceptors (Lipinski definition) is 48. The van der Waals surface area contributed by atoms with Crippen molar-refractivity contribution in [3.63, 3.8) is 0 Å². The lowest BCUT2D eigenvalue weighted by Gasteiger charge is -2.51. The number of ether oxygens (including phenoxy) is 17. The molecule has 682 valence electrons. The topological polar surface area (TPSA) is 837 Å². The molecule has 1 unspecified atom stereocenters. The van der Waals surface area contributed by atoms with Crippen LogP contribution >= 0.6 is 0 Å². The summed E-state index contributed by atoms with van der Waals surface area (Å²) in [6.45, 7) is -6.55. The van der Waals surface area contributed by atoms with Crippen molar-refractivity contribution >= 4 is 29.6 Å². The first-order chi connectivity index (χ1) is 55.6. The van der Waals surface area contributed by atoms with Crippen LogP contribution in [-0.4, -0.2) is 509 Å². The molecule has 46 atom stereocenters. The highest BCUT2D eigenvalue weighted by atomic mass is 16.8. The van der Waals surface area contributed by atoms with Gasteiger partial charge in [-0.25, -0.2) is 4.79 Å². The summed E-state index contributed by atoms with van der Waals surface area (Å²) < 4.78 is 99.8. The molecule has 9 aliphatic rings. The highest BCUT2D eigenvalue weighted by molar-refractivity contribution is 5.77. The molecule has 4 amide bonds. The third-order valence-electron chi connectivity index (χ3n) is 21.3. The molecule has 9 rings (SSSR count). The lowest BCUT2D eigenvalue weighted by molar-refractivity contribution is -0.397. The van der Waals surface area contributed by atoms with Crippen molar-refractivity contribution in [2.24, 2.45) is 0 Å². The van der Waals surface area contributed by atoms with E-state index < -0.39 is 377 Å². The number of aliphatic hydroxyl groups excluding tert-OH is 26. The van der Waals surface area contributed by atoms with Gasteiger partial charge >= 0.3 is 5.97 Å². The first kappa shape index (κ1) is 97.4. The van der Waals surface area contributed by atoms with Crippen molar-refractivity contribution in [2.45, 2.75) is 316 Å². The van der Waals surface area contributed by atoms with Gasteiger partial charge < -0.3 is 240 Å². The van der Waals surface area contributed by atoms with Crippen LogP contribution < -0.4 is 21.3 Å². The van der Waals surface area contributed by atoms with Crippen molar-refractivity contribution in [3.05, 3.63) is 0 Å². The molecule has 0 aromatic rings. The quantitative estimate of drug-likeness (QED) is 0.0297. The highest BCUT2D eigenvalue weighted by Gasteiger charge is 2.62. The summed E-state index contributed by atoms with van der Waals surface area (Å²) in [5, 5.41) is 308. The van der Waals surface area contributed by atoms with Gasteiger partial charge in [0.2, 0.25) is 23.6 Å². The standard InChI is InChI=1S/C65H108N4O49/c1-15(77)66-29-19(81)5-65(64(100)101,118-52(29)33(83)20(82)6-70)103-14-28-37(87)43(93)47(97)60(111-28)113-51-26(12-76)108-57(31(40(51)90)68-17(3)79)116-54-44(94)35(85)22(8-72)106-62(54)102-13-27-38(88)53(48(98)61(110-27)114-49-24(10-74)104-56(99)30(39(49)89)67-16(2)78)115-63-55(45(95)36(86)23(9-73)107-63)117-58-32(69-18(4)80)41(91)50(25(11-75)109-58)112-59-46(96)42(92)34(84)21(7-71)105-59/h19-63,70-76,81-99H,5-14H2,1-4H3,(H,66,77)(H,67,78)(H,68,79)(H,69,80)(H,100,101)/t19-,20+,21+,22+,23+,24+,25+,26+,27+,28+,29+,30+,31+,32+,33+,34-,35+,36+,37-,38+,39+,40+,41+,42-,43-,44-,45-,46+,47+,48-,49+,50+,51+,52+,53-,54-,55-,56?,57-,58-,59-,60-,61-,62-,63+,65+/m0/s1. The zero-order valence-corrected chi connectivity index (χ0v) is 63.1. The largest absolute Gasteiger partial charge is 0.477 e. The SMILES string of the molecule is CC(=O)N[C@H]1[C@H](O[C@@H]2[C@@H](OC[C@H]3O[C@@H](O[C@H]4[C@H](O)[C@@H](NC(C)=O)C(O)O[C@@H]4CO)[C@@H](O)[C@@H](O[C@H]4O[C@H](CO)[C@@H](O)[C@H](O)[C@@H]4O[C@@H]4O[C@H](CO)[C@@H](O[C@@H]5O[C@H](CO)[C@H](O)[C@H](O)[C@H]5O)[C@H](O)[C@H]4NC(C)=O)[C@@H]3O)O[C@H](CO)[C@@H](O)[C@@H]2O)O[C@H](CO)[C@@H](O[C@@H]2O[C@H](CO[C@]3(C(=O)O)C[C@H](O)[C@@H](NC(C)=O)[C@H]([C@H](O)[C@H](O)CO)O3)[C@H](O)[C@H](O)[C@H]2O)[C@@H]1O. The van der Waals surface area contributed by atoms with Crippen LogP contribution in [0.25, 0.3) is 0 Å². The molecule has 0 aliphatic carbocycles. The van der Waals surface area contributed by atoms with Crippen molar-refractivity contribution in [1.29, 1.82) is 0 Å². The van der Waals surface area contributed by atoms with E-state index in [9.17, 15) is 162 Å². The molecule has 9 aliphatic heterocycles. The second kappa shape index (κ2) is 42.1. The van der Waals surface area contributed by atoms with E-state index in [1.54, 1.807) is 0 Å². The Balaban J connectivity index is 0.987. The minimum absolute atomic E-state index is 0.836. The van der Waals surface area contributed by atoms with Crippen LogP contribution in [0.1, 0.15) is 34.1 Å². The van der Waals surface area contributed by atoms with Gasteiger partial charge in [-0.2, -0.15) is 0 Å². The zero-order valence-electron chi connectivity index (χ0n) is 63.1. The van der Waals surface area contributed by atoms with Crippen molar-refractivity contribution < 1.29 is 242 Å². The fourth-order valence-corrected chi connectivity index (χ4v) is 15.0. The number of aliphatic carboxylic acids is 1. The molecule has 0 radical (unpaired) electrons. The van der Waals surface area contributed by atoms with Crippen LogP contribution in [0.5, 0.6) is 0 Å². The van der Waals surface area contributed by atoms with Crippen LogP contribution in [0.2, 0.25) is 0 Å². The average molecular weight is 1730 g/mol. The smallest absolute Gasteiger partial charge is 0.364 e. The lowest BCUT2D eigenvalue weighted by atomic mass is 9.88. The molecule has 9 saturated heterocycles. The number of rotatable bonds is 32.